The molecule has 2 aromatic heterocycles. The number of thioether (sulfide) groups is 1. The molecule has 4 rings (SSSR count). The van der Waals surface area contributed by atoms with Crippen LogP contribution in [0.15, 0.2) is 69.2 Å². The Hall–Kier alpha value is -2.98. The molecular weight excluding hydrogens is 446 g/mol. The number of halogens is 1. The number of rotatable bonds is 5. The largest absolute Gasteiger partial charge is 0.301 e. The van der Waals surface area contributed by atoms with Crippen LogP contribution in [0, 0.1) is 10.1 Å². The van der Waals surface area contributed by atoms with Gasteiger partial charge in [-0.25, -0.2) is 9.67 Å². The van der Waals surface area contributed by atoms with E-state index >= 15 is 0 Å². The number of nitrogens with zero attached hydrogens (tertiary/aromatic N) is 4. The number of fused-ring (bicyclic) bond motifs is 1. The third kappa shape index (κ3) is 3.69. The minimum absolute atomic E-state index is 0.0169. The second-order valence-corrected chi connectivity index (χ2v) is 7.73. The predicted molar refractivity (Wildman–Crippen MR) is 110 cm³/mol. The van der Waals surface area contributed by atoms with Crippen LogP contribution in [0.5, 0.6) is 0 Å². The summed E-state index contributed by atoms with van der Waals surface area (Å²) in [7, 11) is 0. The summed E-state index contributed by atoms with van der Waals surface area (Å²) >= 11 is 4.81. The van der Waals surface area contributed by atoms with Crippen LogP contribution in [0.2, 0.25) is 0 Å². The van der Waals surface area contributed by atoms with Gasteiger partial charge in [0, 0.05) is 22.4 Å². The van der Waals surface area contributed by atoms with Crippen molar-refractivity contribution in [2.24, 2.45) is 0 Å². The quantitative estimate of drug-likeness (QED) is 0.209. The highest BCUT2D eigenvalue weighted by molar-refractivity contribution is 9.10. The Morgan fingerprint density at radius 1 is 1.14 bits per heavy atom. The van der Waals surface area contributed by atoms with Crippen molar-refractivity contribution >= 4 is 44.4 Å². The van der Waals surface area contributed by atoms with Gasteiger partial charge in [-0.15, -0.1) is 0 Å². The monoisotopic (exact) mass is 457 g/mol. The minimum atomic E-state index is -0.467. The molecule has 2 heterocycles. The Kier molecular flexibility index (Phi) is 4.97. The molecule has 10 heteroatoms. The number of benzene rings is 2. The van der Waals surface area contributed by atoms with Gasteiger partial charge < -0.3 is 4.98 Å². The SMILES string of the molecule is O=c1[nH]c(SCc2ccc(Br)cc2)nc2c1cnn2-c1ccc([N+](=O)[O-])cc1. The summed E-state index contributed by atoms with van der Waals surface area (Å²) in [4.78, 5) is 30.0. The molecule has 0 saturated heterocycles. The van der Waals surface area contributed by atoms with Crippen molar-refractivity contribution in [2.75, 3.05) is 0 Å². The van der Waals surface area contributed by atoms with Gasteiger partial charge in [-0.3, -0.25) is 14.9 Å². The van der Waals surface area contributed by atoms with E-state index in [9.17, 15) is 14.9 Å². The number of nitro benzene ring substituents is 1. The number of aromatic amines is 1. The molecule has 28 heavy (non-hydrogen) atoms. The molecule has 0 radical (unpaired) electrons. The lowest BCUT2D eigenvalue weighted by Crippen LogP contribution is -2.09. The van der Waals surface area contributed by atoms with E-state index in [1.807, 2.05) is 24.3 Å². The first-order chi connectivity index (χ1) is 13.5. The van der Waals surface area contributed by atoms with Crippen molar-refractivity contribution < 1.29 is 4.92 Å². The van der Waals surface area contributed by atoms with Crippen molar-refractivity contribution in [1.29, 1.82) is 0 Å². The summed E-state index contributed by atoms with van der Waals surface area (Å²) in [5.41, 5.74) is 1.78. The van der Waals surface area contributed by atoms with Crippen LogP contribution < -0.4 is 5.56 Å². The summed E-state index contributed by atoms with van der Waals surface area (Å²) in [6.07, 6.45) is 1.44. The Labute approximate surface area is 170 Å². The van der Waals surface area contributed by atoms with E-state index in [2.05, 4.69) is 31.0 Å². The van der Waals surface area contributed by atoms with Crippen LogP contribution in [-0.2, 0) is 5.75 Å². The maximum atomic E-state index is 12.4. The Morgan fingerprint density at radius 3 is 2.54 bits per heavy atom. The highest BCUT2D eigenvalue weighted by atomic mass is 79.9. The van der Waals surface area contributed by atoms with E-state index in [1.54, 1.807) is 12.1 Å². The van der Waals surface area contributed by atoms with E-state index in [4.69, 9.17) is 0 Å². The Bertz CT molecular complexity index is 1220. The first-order valence-corrected chi connectivity index (χ1v) is 9.89. The second kappa shape index (κ2) is 7.56. The Morgan fingerprint density at radius 2 is 1.86 bits per heavy atom. The second-order valence-electron chi connectivity index (χ2n) is 5.85. The van der Waals surface area contributed by atoms with E-state index in [0.29, 0.717) is 27.6 Å². The number of non-ortho nitro benzene ring substituents is 1. The zero-order chi connectivity index (χ0) is 19.7. The lowest BCUT2D eigenvalue weighted by molar-refractivity contribution is -0.384. The molecule has 0 aliphatic carbocycles. The number of nitro groups is 1. The van der Waals surface area contributed by atoms with E-state index in [-0.39, 0.29) is 11.2 Å². The van der Waals surface area contributed by atoms with Gasteiger partial charge in [-0.2, -0.15) is 5.10 Å². The number of H-pyrrole nitrogens is 1. The van der Waals surface area contributed by atoms with E-state index in [1.165, 1.54) is 34.8 Å². The average molecular weight is 458 g/mol. The topological polar surface area (TPSA) is 107 Å². The molecule has 2 aromatic carbocycles. The lowest BCUT2D eigenvalue weighted by atomic mass is 10.2. The molecule has 0 spiro atoms. The van der Waals surface area contributed by atoms with Crippen LogP contribution in [0.4, 0.5) is 5.69 Å². The Balaban J connectivity index is 1.67. The standard InChI is InChI=1S/C18H12BrN5O3S/c19-12-3-1-11(2-4-12)10-28-18-21-16-15(17(25)22-18)9-20-23(16)13-5-7-14(8-6-13)24(26)27/h1-9H,10H2,(H,21,22,25). The molecule has 0 unspecified atom stereocenters. The maximum Gasteiger partial charge on any atom is 0.269 e. The highest BCUT2D eigenvalue weighted by Gasteiger charge is 2.13. The molecule has 0 bridgehead atoms. The van der Waals surface area contributed by atoms with E-state index in [0.717, 1.165) is 10.0 Å². The number of hydrogen-bond donors (Lipinski definition) is 1. The maximum absolute atomic E-state index is 12.4. The van der Waals surface area contributed by atoms with Gasteiger partial charge in [0.1, 0.15) is 5.39 Å². The number of hydrogen-bond acceptors (Lipinski definition) is 6. The number of nitrogens with one attached hydrogen (secondary N) is 1. The molecule has 0 aliphatic rings. The molecule has 8 nitrogen and oxygen atoms in total. The van der Waals surface area contributed by atoms with Crippen molar-refractivity contribution in [3.63, 3.8) is 0 Å². The molecule has 4 aromatic rings. The first kappa shape index (κ1) is 18.4. The fourth-order valence-corrected chi connectivity index (χ4v) is 3.68. The third-order valence-corrected chi connectivity index (χ3v) is 5.48. The van der Waals surface area contributed by atoms with Crippen LogP contribution in [0.3, 0.4) is 0 Å². The van der Waals surface area contributed by atoms with Crippen molar-refractivity contribution in [2.45, 2.75) is 10.9 Å². The van der Waals surface area contributed by atoms with Crippen LogP contribution in [0.1, 0.15) is 5.56 Å². The zero-order valence-electron chi connectivity index (χ0n) is 14.2. The van der Waals surface area contributed by atoms with Gasteiger partial charge in [0.2, 0.25) is 0 Å². The van der Waals surface area contributed by atoms with Crippen molar-refractivity contribution in [3.05, 3.63) is 85.2 Å². The van der Waals surface area contributed by atoms with Gasteiger partial charge in [-0.05, 0) is 29.8 Å². The van der Waals surface area contributed by atoms with E-state index < -0.39 is 4.92 Å². The molecule has 0 fully saturated rings. The summed E-state index contributed by atoms with van der Waals surface area (Å²) < 4.78 is 2.50. The summed E-state index contributed by atoms with van der Waals surface area (Å²) in [6.45, 7) is 0. The fraction of sp³-hybridized carbons (Fsp3) is 0.0556. The smallest absolute Gasteiger partial charge is 0.269 e. The first-order valence-electron chi connectivity index (χ1n) is 8.11. The van der Waals surface area contributed by atoms with Crippen LogP contribution in [-0.4, -0.2) is 24.7 Å². The molecular formula is C18H12BrN5O3S. The molecule has 0 aliphatic heterocycles. The highest BCUT2D eigenvalue weighted by Crippen LogP contribution is 2.23. The van der Waals surface area contributed by atoms with Crippen molar-refractivity contribution in [3.8, 4) is 5.69 Å². The molecule has 0 atom stereocenters. The third-order valence-electron chi connectivity index (χ3n) is 4.01. The van der Waals surface area contributed by atoms with Gasteiger partial charge >= 0.3 is 0 Å². The molecule has 1 N–H and O–H groups in total. The summed E-state index contributed by atoms with van der Waals surface area (Å²) in [5.74, 6) is 0.646. The molecule has 0 saturated carbocycles. The van der Waals surface area contributed by atoms with Gasteiger partial charge in [0.25, 0.3) is 11.2 Å². The predicted octanol–water partition coefficient (Wildman–Crippen LogP) is 4.07. The molecule has 140 valence electrons. The average Bonchev–Trinajstić information content (AvgIpc) is 3.12. The fourth-order valence-electron chi connectivity index (χ4n) is 2.60. The van der Waals surface area contributed by atoms with Crippen LogP contribution >= 0.6 is 27.7 Å². The normalized spacial score (nSPS) is 11.0. The zero-order valence-corrected chi connectivity index (χ0v) is 16.6. The van der Waals surface area contributed by atoms with Gasteiger partial charge in [0.15, 0.2) is 10.8 Å². The van der Waals surface area contributed by atoms with Crippen molar-refractivity contribution in [1.82, 2.24) is 19.7 Å². The van der Waals surface area contributed by atoms with Gasteiger partial charge in [0.05, 0.1) is 16.8 Å². The minimum Gasteiger partial charge on any atom is -0.301 e. The summed E-state index contributed by atoms with van der Waals surface area (Å²) in [5, 5.41) is 15.9. The molecule has 0 amide bonds. The lowest BCUT2D eigenvalue weighted by Gasteiger charge is -2.05. The summed E-state index contributed by atoms with van der Waals surface area (Å²) in [6, 6.07) is 13.8. The number of aromatic nitrogens is 4. The van der Waals surface area contributed by atoms with Gasteiger partial charge in [-0.1, -0.05) is 39.8 Å². The van der Waals surface area contributed by atoms with Crippen LogP contribution in [0.25, 0.3) is 16.7 Å².